The van der Waals surface area contributed by atoms with E-state index < -0.39 is 22.2 Å². The van der Waals surface area contributed by atoms with Crippen molar-refractivity contribution < 1.29 is 27.9 Å². The lowest BCUT2D eigenvalue weighted by molar-refractivity contribution is 0.0387. The van der Waals surface area contributed by atoms with Gasteiger partial charge in [0.05, 0.1) is 31.1 Å². The average molecular weight is 557 g/mol. The zero-order chi connectivity index (χ0) is 28.3. The molecule has 1 aliphatic heterocycles. The molecule has 3 heterocycles. The van der Waals surface area contributed by atoms with Gasteiger partial charge in [0.1, 0.15) is 11.9 Å². The summed E-state index contributed by atoms with van der Waals surface area (Å²) >= 11 is 0. The molecule has 39 heavy (non-hydrogen) atoms. The number of imidazole rings is 1. The van der Waals surface area contributed by atoms with Crippen LogP contribution in [0.2, 0.25) is 0 Å². The molecule has 1 aromatic carbocycles. The van der Waals surface area contributed by atoms with Crippen molar-refractivity contribution in [3.05, 3.63) is 66.4 Å². The van der Waals surface area contributed by atoms with Gasteiger partial charge in [-0.3, -0.25) is 14.6 Å². The number of sulfonamides is 1. The number of nitrogens with one attached hydrogen (secondary N) is 1. The highest BCUT2D eigenvalue weighted by Crippen LogP contribution is 2.31. The fraction of sp³-hybridized carbons (Fsp3) is 0.385. The molecule has 0 fully saturated rings. The first-order valence-electron chi connectivity index (χ1n) is 12.4. The fourth-order valence-electron chi connectivity index (χ4n) is 4.26. The van der Waals surface area contributed by atoms with Crippen molar-refractivity contribution in [2.75, 3.05) is 32.1 Å². The molecular weight excluding hydrogens is 524 g/mol. The Bertz CT molecular complexity index is 1440. The van der Waals surface area contributed by atoms with Gasteiger partial charge < -0.3 is 24.6 Å². The van der Waals surface area contributed by atoms with E-state index in [1.54, 1.807) is 47.7 Å². The van der Waals surface area contributed by atoms with E-state index in [9.17, 15) is 23.1 Å². The lowest BCUT2D eigenvalue weighted by Crippen LogP contribution is -2.50. The number of hydrogen-bond acceptors (Lipinski definition) is 8. The number of amides is 2. The molecule has 2 N–H and O–H groups in total. The smallest absolute Gasteiger partial charge is 0.261 e. The molecule has 0 bridgehead atoms. The summed E-state index contributed by atoms with van der Waals surface area (Å²) in [5.74, 6) is -0.780. The van der Waals surface area contributed by atoms with Crippen LogP contribution in [0.4, 0.5) is 5.69 Å². The number of pyridine rings is 1. The molecule has 3 aromatic rings. The molecule has 1 aliphatic rings. The molecule has 0 spiro atoms. The Labute approximate surface area is 227 Å². The third-order valence-electron chi connectivity index (χ3n) is 6.66. The second-order valence-electron chi connectivity index (χ2n) is 9.69. The molecule has 0 unspecified atom stereocenters. The Balaban J connectivity index is 1.65. The van der Waals surface area contributed by atoms with Crippen molar-refractivity contribution in [1.29, 1.82) is 0 Å². The van der Waals surface area contributed by atoms with Crippen molar-refractivity contribution in [3.63, 3.8) is 0 Å². The van der Waals surface area contributed by atoms with Gasteiger partial charge in [0.15, 0.2) is 5.03 Å². The third kappa shape index (κ3) is 6.10. The van der Waals surface area contributed by atoms with Gasteiger partial charge >= 0.3 is 0 Å². The topological polar surface area (TPSA) is 147 Å². The third-order valence-corrected chi connectivity index (χ3v) is 8.37. The van der Waals surface area contributed by atoms with Crippen LogP contribution < -0.4 is 10.1 Å². The van der Waals surface area contributed by atoms with Gasteiger partial charge in [-0.1, -0.05) is 6.92 Å². The van der Waals surface area contributed by atoms with Gasteiger partial charge in [-0.05, 0) is 37.3 Å². The number of carbonyl (C=O) groups excluding carboxylic acids is 2. The van der Waals surface area contributed by atoms with E-state index in [0.29, 0.717) is 11.3 Å². The summed E-state index contributed by atoms with van der Waals surface area (Å²) in [6.45, 7) is 3.55. The lowest BCUT2D eigenvalue weighted by Gasteiger charge is -2.38. The van der Waals surface area contributed by atoms with Crippen LogP contribution in [-0.4, -0.2) is 88.0 Å². The van der Waals surface area contributed by atoms with Crippen molar-refractivity contribution in [2.24, 2.45) is 13.0 Å². The zero-order valence-corrected chi connectivity index (χ0v) is 23.0. The van der Waals surface area contributed by atoms with E-state index in [-0.39, 0.29) is 53.8 Å². The summed E-state index contributed by atoms with van der Waals surface area (Å²) in [7, 11) is -0.742. The Kier molecular flexibility index (Phi) is 8.33. The maximum absolute atomic E-state index is 13.6. The molecule has 12 nitrogen and oxygen atoms in total. The summed E-state index contributed by atoms with van der Waals surface area (Å²) in [4.78, 5) is 35.7. The number of fused-ring (bicyclic) bond motifs is 1. The number of nitrogens with zero attached hydrogens (tertiary/aromatic N) is 5. The number of ether oxygens (including phenoxy) is 1. The number of aliphatic hydroxyl groups is 1. The number of anilines is 1. The van der Waals surface area contributed by atoms with Crippen LogP contribution in [0.3, 0.4) is 0 Å². The van der Waals surface area contributed by atoms with Gasteiger partial charge in [0.25, 0.3) is 21.8 Å². The molecule has 0 saturated heterocycles. The van der Waals surface area contributed by atoms with Gasteiger partial charge in [0.2, 0.25) is 0 Å². The summed E-state index contributed by atoms with van der Waals surface area (Å²) in [5, 5.41) is 12.6. The molecule has 2 amide bonds. The summed E-state index contributed by atoms with van der Waals surface area (Å²) in [6.07, 6.45) is 5.22. The van der Waals surface area contributed by atoms with Crippen molar-refractivity contribution in [3.8, 4) is 5.75 Å². The number of hydrogen-bond donors (Lipinski definition) is 2. The predicted molar refractivity (Wildman–Crippen MR) is 143 cm³/mol. The minimum atomic E-state index is -3.88. The molecule has 3 atom stereocenters. The Morgan fingerprint density at radius 3 is 2.64 bits per heavy atom. The van der Waals surface area contributed by atoms with Crippen LogP contribution in [0.15, 0.2) is 60.3 Å². The molecular formula is C26H32N6O6S. The molecule has 13 heteroatoms. The number of aromatic nitrogens is 3. The van der Waals surface area contributed by atoms with Crippen molar-refractivity contribution in [1.82, 2.24) is 23.7 Å². The van der Waals surface area contributed by atoms with Gasteiger partial charge in [-0.2, -0.15) is 4.31 Å². The highest BCUT2D eigenvalue weighted by Gasteiger charge is 2.35. The fourth-order valence-corrected chi connectivity index (χ4v) is 5.40. The van der Waals surface area contributed by atoms with Crippen LogP contribution in [0.25, 0.3) is 0 Å². The van der Waals surface area contributed by atoms with Crippen molar-refractivity contribution in [2.45, 2.75) is 31.0 Å². The van der Waals surface area contributed by atoms with Crippen molar-refractivity contribution >= 4 is 27.5 Å². The Morgan fingerprint density at radius 1 is 1.28 bits per heavy atom. The first-order chi connectivity index (χ1) is 18.5. The first-order valence-corrected chi connectivity index (χ1v) is 13.8. The largest absolute Gasteiger partial charge is 0.488 e. The standard InChI is InChI=1S/C26H32N6O6S/c1-17-12-32(18(2)15-33)26(35)21-11-20(29-25(34)19-7-9-27-10-8-19)5-6-22(21)38-23(17)13-31(4)39(36,37)24-14-30(3)16-28-24/h5-11,14,16-18,23,33H,12-13,15H2,1-4H3,(H,29,34)/t17-,18+,23-/m0/s1. The second-order valence-corrected chi connectivity index (χ2v) is 11.7. The highest BCUT2D eigenvalue weighted by atomic mass is 32.2. The maximum atomic E-state index is 13.6. The van der Waals surface area contributed by atoms with Crippen LogP contribution in [0.5, 0.6) is 5.75 Å². The van der Waals surface area contributed by atoms with E-state index in [1.807, 2.05) is 6.92 Å². The van der Waals surface area contributed by atoms with Crippen LogP contribution in [0, 0.1) is 5.92 Å². The van der Waals surface area contributed by atoms with Gasteiger partial charge in [-0.15, -0.1) is 0 Å². The maximum Gasteiger partial charge on any atom is 0.261 e. The van der Waals surface area contributed by atoms with E-state index >= 15 is 0 Å². The monoisotopic (exact) mass is 556 g/mol. The summed E-state index contributed by atoms with van der Waals surface area (Å²) in [5.41, 5.74) is 0.972. The van der Waals surface area contributed by atoms with E-state index in [4.69, 9.17) is 4.74 Å². The number of aliphatic hydroxyl groups excluding tert-OH is 1. The van der Waals surface area contributed by atoms with Crippen LogP contribution in [0.1, 0.15) is 34.6 Å². The Morgan fingerprint density at radius 2 is 2.00 bits per heavy atom. The van der Waals surface area contributed by atoms with Crippen LogP contribution >= 0.6 is 0 Å². The minimum absolute atomic E-state index is 0.00438. The SMILES string of the molecule is C[C@H](CO)N1C[C@H](C)[C@H](CN(C)S(=O)(=O)c2cn(C)cn2)Oc2ccc(NC(=O)c3ccncc3)cc2C1=O. The normalized spacial score (nSPS) is 18.6. The summed E-state index contributed by atoms with van der Waals surface area (Å²) < 4.78 is 35.2. The highest BCUT2D eigenvalue weighted by molar-refractivity contribution is 7.89. The number of benzene rings is 1. The zero-order valence-electron chi connectivity index (χ0n) is 22.2. The molecule has 0 saturated carbocycles. The molecule has 0 aliphatic carbocycles. The first kappa shape index (κ1) is 28.2. The second kappa shape index (κ2) is 11.5. The van der Waals surface area contributed by atoms with Gasteiger partial charge in [-0.25, -0.2) is 13.4 Å². The van der Waals surface area contributed by atoms with Crippen LogP contribution in [-0.2, 0) is 17.1 Å². The number of aryl methyl sites for hydroxylation is 1. The van der Waals surface area contributed by atoms with E-state index in [2.05, 4.69) is 15.3 Å². The number of likely N-dealkylation sites (N-methyl/N-ethyl adjacent to an activating group) is 1. The Hall–Kier alpha value is -3.81. The van der Waals surface area contributed by atoms with E-state index in [1.165, 1.54) is 42.3 Å². The molecule has 0 radical (unpaired) electrons. The minimum Gasteiger partial charge on any atom is -0.488 e. The molecule has 4 rings (SSSR count). The van der Waals surface area contributed by atoms with Gasteiger partial charge in [0, 0.05) is 56.4 Å². The number of carbonyl (C=O) groups is 2. The average Bonchev–Trinajstić information content (AvgIpc) is 3.38. The quantitative estimate of drug-likeness (QED) is 0.425. The molecule has 2 aromatic heterocycles. The predicted octanol–water partition coefficient (Wildman–Crippen LogP) is 1.61. The lowest BCUT2D eigenvalue weighted by atomic mass is 9.99. The molecule has 208 valence electrons. The van der Waals surface area contributed by atoms with E-state index in [0.717, 1.165) is 0 Å². The number of rotatable bonds is 8. The summed E-state index contributed by atoms with van der Waals surface area (Å²) in [6, 6.07) is 7.36.